The molecule has 21 heteroatoms. The lowest BCUT2D eigenvalue weighted by Crippen LogP contribution is -2.59. The summed E-state index contributed by atoms with van der Waals surface area (Å²) in [4.78, 5) is 83.1. The lowest BCUT2D eigenvalue weighted by molar-refractivity contribution is -0.144. The van der Waals surface area contributed by atoms with Crippen LogP contribution in [0, 0.1) is 17.8 Å². The molecule has 4 aromatic carbocycles. The highest BCUT2D eigenvalue weighted by atomic mass is 32.2. The number of aromatic nitrogens is 1. The number of aryl methyl sites for hydroxylation is 1. The Morgan fingerprint density at radius 3 is 2.19 bits per heavy atom. The average Bonchev–Trinajstić information content (AvgIpc) is 1.72. The zero-order chi connectivity index (χ0) is 60.3. The number of piperazine rings is 1. The van der Waals surface area contributed by atoms with E-state index < -0.39 is 23.0 Å². The maximum absolute atomic E-state index is 14.2. The molecule has 4 unspecified atom stereocenters. The number of alkyl halides is 3. The van der Waals surface area contributed by atoms with E-state index in [4.69, 9.17) is 0 Å². The number of carbonyl (C=O) groups excluding carboxylic acids is 5. The van der Waals surface area contributed by atoms with E-state index >= 15 is 0 Å². The third-order valence-corrected chi connectivity index (χ3v) is 20.5. The highest BCUT2D eigenvalue weighted by Gasteiger charge is 2.47. The van der Waals surface area contributed by atoms with E-state index in [2.05, 4.69) is 35.5 Å². The number of thiazole rings is 1. The van der Waals surface area contributed by atoms with Crippen LogP contribution in [-0.2, 0) is 19.2 Å². The van der Waals surface area contributed by atoms with Gasteiger partial charge in [-0.2, -0.15) is 13.2 Å². The van der Waals surface area contributed by atoms with Crippen molar-refractivity contribution in [3.63, 3.8) is 0 Å². The third-order valence-electron chi connectivity index (χ3n) is 16.8. The van der Waals surface area contributed by atoms with Gasteiger partial charge in [0.1, 0.15) is 12.1 Å². The van der Waals surface area contributed by atoms with Crippen molar-refractivity contribution in [3.05, 3.63) is 119 Å². The number of anilines is 2. The monoisotopic (exact) mass is 1240 g/mol. The molecule has 0 radical (unpaired) electrons. The minimum Gasteiger partial charge on any atom is -0.381 e. The first-order valence-electron chi connectivity index (χ1n) is 29.8. The first kappa shape index (κ1) is 63.8. The van der Waals surface area contributed by atoms with Crippen LogP contribution in [0.4, 0.5) is 24.5 Å². The van der Waals surface area contributed by atoms with Crippen LogP contribution >= 0.6 is 46.8 Å². The van der Waals surface area contributed by atoms with Crippen LogP contribution < -0.4 is 25.6 Å². The molecule has 5 aromatic rings. The molecule has 456 valence electrons. The van der Waals surface area contributed by atoms with Crippen molar-refractivity contribution in [3.8, 4) is 10.4 Å². The van der Waals surface area contributed by atoms with Crippen LogP contribution in [0.2, 0.25) is 0 Å². The van der Waals surface area contributed by atoms with Gasteiger partial charge in [-0.1, -0.05) is 76.1 Å². The van der Waals surface area contributed by atoms with Gasteiger partial charge in [0.05, 0.1) is 22.1 Å². The molecule has 4 heterocycles. The first-order valence-corrected chi connectivity index (χ1v) is 33.3. The van der Waals surface area contributed by atoms with E-state index in [0.717, 1.165) is 57.3 Å². The van der Waals surface area contributed by atoms with Crippen LogP contribution in [-0.4, -0.2) is 131 Å². The second kappa shape index (κ2) is 28.8. The van der Waals surface area contributed by atoms with Gasteiger partial charge in [-0.15, -0.1) is 23.1 Å². The van der Waals surface area contributed by atoms with Crippen LogP contribution in [0.3, 0.4) is 0 Å². The number of carbonyl (C=O) groups is 5. The van der Waals surface area contributed by atoms with E-state index in [1.165, 1.54) is 25.3 Å². The third kappa shape index (κ3) is 17.5. The largest absolute Gasteiger partial charge is 0.446 e. The van der Waals surface area contributed by atoms with Crippen molar-refractivity contribution in [2.24, 2.45) is 10.8 Å². The topological polar surface area (TPSA) is 159 Å². The molecule has 4 atom stereocenters. The van der Waals surface area contributed by atoms with E-state index in [9.17, 15) is 37.1 Å². The molecule has 0 bridgehead atoms. The van der Waals surface area contributed by atoms with Crippen molar-refractivity contribution in [2.45, 2.75) is 150 Å². The Balaban J connectivity index is 0.701. The summed E-state index contributed by atoms with van der Waals surface area (Å²) in [7, 11) is 0. The Labute approximate surface area is 515 Å². The molecule has 3 saturated heterocycles. The Bertz CT molecular complexity index is 3070. The molecule has 4 aliphatic rings. The first-order chi connectivity index (χ1) is 40.7. The number of benzene rings is 4. The molecular weight excluding hydrogens is 1160 g/mol. The Kier molecular flexibility index (Phi) is 21.6. The highest BCUT2D eigenvalue weighted by molar-refractivity contribution is 8.00. The van der Waals surface area contributed by atoms with Gasteiger partial charge in [-0.05, 0) is 154 Å². The van der Waals surface area contributed by atoms with Crippen molar-refractivity contribution >= 4 is 87.7 Å². The molecule has 5 amide bonds. The van der Waals surface area contributed by atoms with Gasteiger partial charge in [0.15, 0.2) is 0 Å². The summed E-state index contributed by atoms with van der Waals surface area (Å²) in [5.41, 5.74) is 2.08. The summed E-state index contributed by atoms with van der Waals surface area (Å²) in [6.07, 6.45) is 8.14. The Hall–Kier alpha value is -5.74. The maximum atomic E-state index is 14.2. The number of likely N-dealkylation sites (tertiary alicyclic amines) is 1. The number of unbranched alkanes of at least 4 members (excludes halogenated alkanes) is 2. The second-order valence-corrected chi connectivity index (χ2v) is 28.1. The van der Waals surface area contributed by atoms with Gasteiger partial charge < -0.3 is 30.7 Å². The average molecular weight is 1240 g/mol. The molecule has 1 aromatic heterocycles. The van der Waals surface area contributed by atoms with Crippen molar-refractivity contribution in [1.82, 2.24) is 35.0 Å². The number of nitrogens with one attached hydrogen (secondary N) is 4. The standard InChI is InChI=1S/C64H80F3N9O5S4/c1-43(45-19-21-46(22-20-45)57-44(2)68-42-83-57)69-60(80)53-16-12-32-76(53)61(81)58(62(3,4)5)71-55(77)17-10-7-11-18-56(78)74-36-34-73(35-37-74)33-29-48(39-82-50-14-8-6-9-15-50)70-52-28-27-51(38-54(52)84-64(65,66)67)85-72-59(79)47-23-25-49(26-24-47)75-40-63(41-75)30-13-31-63/h6,8-9,14-15,19-28,38,42-43,48,53,58,70H,7,10-13,16-18,29-37,39-41H2,1-5H3,(H,69,80)(H,71,77)(H,72,79). The number of thioether (sulfide) groups is 2. The van der Waals surface area contributed by atoms with Crippen LogP contribution in [0.15, 0.2) is 117 Å². The van der Waals surface area contributed by atoms with Crippen LogP contribution in [0.5, 0.6) is 0 Å². The van der Waals surface area contributed by atoms with E-state index in [-0.39, 0.29) is 64.7 Å². The lowest BCUT2D eigenvalue weighted by Gasteiger charge is -2.57. The summed E-state index contributed by atoms with van der Waals surface area (Å²) in [5.74, 6) is -0.384. The van der Waals surface area contributed by atoms with Gasteiger partial charge >= 0.3 is 5.51 Å². The maximum Gasteiger partial charge on any atom is 0.446 e. The minimum absolute atomic E-state index is 0.0169. The van der Waals surface area contributed by atoms with Crippen LogP contribution in [0.25, 0.3) is 10.4 Å². The number of nitrogens with zero attached hydrogens (tertiary/aromatic N) is 5. The zero-order valence-corrected chi connectivity index (χ0v) is 52.6. The lowest BCUT2D eigenvalue weighted by atomic mass is 9.63. The Morgan fingerprint density at radius 1 is 0.812 bits per heavy atom. The summed E-state index contributed by atoms with van der Waals surface area (Å²) in [6, 6.07) is 28.4. The van der Waals surface area contributed by atoms with E-state index in [0.29, 0.717) is 112 Å². The molecule has 4 N–H and O–H groups in total. The summed E-state index contributed by atoms with van der Waals surface area (Å²) < 4.78 is 45.2. The fourth-order valence-electron chi connectivity index (χ4n) is 11.7. The Morgan fingerprint density at radius 2 is 1.53 bits per heavy atom. The van der Waals surface area contributed by atoms with Crippen molar-refractivity contribution < 1.29 is 37.1 Å². The predicted octanol–water partition coefficient (Wildman–Crippen LogP) is 12.6. The molecule has 85 heavy (non-hydrogen) atoms. The molecule has 3 aliphatic heterocycles. The van der Waals surface area contributed by atoms with Gasteiger partial charge in [-0.25, -0.2) is 4.98 Å². The second-order valence-electron chi connectivity index (χ2n) is 24.2. The number of hydrogen-bond acceptors (Lipinski definition) is 13. The predicted molar refractivity (Wildman–Crippen MR) is 337 cm³/mol. The summed E-state index contributed by atoms with van der Waals surface area (Å²) in [5, 5.41) is 9.60. The number of rotatable bonds is 25. The fourth-order valence-corrected chi connectivity index (χ4v) is 14.8. The van der Waals surface area contributed by atoms with Gasteiger partial charge in [0.25, 0.3) is 5.91 Å². The van der Waals surface area contributed by atoms with Gasteiger partial charge in [0.2, 0.25) is 23.6 Å². The van der Waals surface area contributed by atoms with Crippen molar-refractivity contribution in [1.29, 1.82) is 0 Å². The highest BCUT2D eigenvalue weighted by Crippen LogP contribution is 2.49. The zero-order valence-electron chi connectivity index (χ0n) is 49.3. The molecule has 1 aliphatic carbocycles. The van der Waals surface area contributed by atoms with Crippen molar-refractivity contribution in [2.75, 3.05) is 68.3 Å². The van der Waals surface area contributed by atoms with Gasteiger partial charge in [-0.3, -0.25) is 33.6 Å². The van der Waals surface area contributed by atoms with E-state index in [1.807, 2.05) is 112 Å². The molecule has 4 fully saturated rings. The number of hydrogen-bond donors (Lipinski definition) is 4. The normalized spacial score (nSPS) is 18.0. The molecule has 1 saturated carbocycles. The summed E-state index contributed by atoms with van der Waals surface area (Å²) in [6.45, 7) is 15.3. The minimum atomic E-state index is -4.54. The fraction of sp³-hybridized carbons (Fsp3) is 0.500. The number of halogens is 3. The molecular formula is C64H80F3N9O5S4. The summed E-state index contributed by atoms with van der Waals surface area (Å²) >= 11 is 4.04. The van der Waals surface area contributed by atoms with E-state index in [1.54, 1.807) is 52.3 Å². The smallest absolute Gasteiger partial charge is 0.381 e. The van der Waals surface area contributed by atoms with Gasteiger partial charge in [0, 0.05) is 114 Å². The molecule has 14 nitrogen and oxygen atoms in total. The molecule has 1 spiro atoms. The number of amides is 5. The SMILES string of the molecule is Cc1ncsc1-c1ccc(C(C)NC(=O)C2CCCN2C(=O)C(NC(=O)CCCCCC(=O)N2CCN(CCC(CSc3ccccc3)Nc3ccc(SNC(=O)c4ccc(N5CC6(CCC6)C5)cc4)cc3SC(F)(F)F)CC2)C(C)(C)C)cc1. The van der Waals surface area contributed by atoms with Crippen LogP contribution in [0.1, 0.15) is 126 Å². The molecule has 9 rings (SSSR count). The quantitative estimate of drug-likeness (QED) is 0.0249.